The summed E-state index contributed by atoms with van der Waals surface area (Å²) in [6.45, 7) is 3.40. The number of piperidine rings is 1. The number of likely N-dealkylation sites (tertiary alicyclic amines) is 1. The van der Waals surface area contributed by atoms with Crippen LogP contribution >= 0.6 is 11.6 Å². The summed E-state index contributed by atoms with van der Waals surface area (Å²) in [5, 5.41) is 10.1. The van der Waals surface area contributed by atoms with Gasteiger partial charge in [0.25, 0.3) is 0 Å². The summed E-state index contributed by atoms with van der Waals surface area (Å²) in [6.07, 6.45) is 9.71. The van der Waals surface area contributed by atoms with E-state index in [1.807, 2.05) is 0 Å². The maximum atomic E-state index is 13.1. The van der Waals surface area contributed by atoms with Crippen LogP contribution in [0.25, 0.3) is 0 Å². The molecule has 1 amide bonds. The van der Waals surface area contributed by atoms with Crippen molar-refractivity contribution in [2.24, 2.45) is 11.3 Å². The zero-order valence-electron chi connectivity index (χ0n) is 15.1. The molecule has 0 unspecified atom stereocenters. The first-order valence-electron chi connectivity index (χ1n) is 9.76. The third-order valence-electron chi connectivity index (χ3n) is 6.53. The Balaban J connectivity index is 1.35. The van der Waals surface area contributed by atoms with Crippen LogP contribution in [0.3, 0.4) is 0 Å². The van der Waals surface area contributed by atoms with Crippen LogP contribution < -0.4 is 4.90 Å². The number of carbonyl (C=O) groups excluding carboxylic acids is 1. The predicted octanol–water partition coefficient (Wildman–Crippen LogP) is 2.50. The number of aliphatic hydroxyl groups excluding tert-OH is 1. The molecule has 0 aromatic carbocycles. The molecule has 0 atom stereocenters. The first kappa shape index (κ1) is 18.0. The maximum absolute atomic E-state index is 13.1. The Kier molecular flexibility index (Phi) is 5.06. The Hall–Kier alpha value is -1.40. The molecule has 142 valence electrons. The highest BCUT2D eigenvalue weighted by molar-refractivity contribution is 6.29. The van der Waals surface area contributed by atoms with Gasteiger partial charge in [-0.15, -0.1) is 0 Å². The molecule has 26 heavy (non-hydrogen) atoms. The van der Waals surface area contributed by atoms with Crippen LogP contribution in [0.1, 0.15) is 44.9 Å². The summed E-state index contributed by atoms with van der Waals surface area (Å²) >= 11 is 5.95. The highest BCUT2D eigenvalue weighted by Crippen LogP contribution is 2.43. The zero-order valence-corrected chi connectivity index (χ0v) is 15.9. The number of aromatic nitrogens is 2. The highest BCUT2D eigenvalue weighted by atomic mass is 35.5. The van der Waals surface area contributed by atoms with Crippen LogP contribution in [0.2, 0.25) is 5.15 Å². The van der Waals surface area contributed by atoms with E-state index in [0.29, 0.717) is 17.0 Å². The van der Waals surface area contributed by atoms with Gasteiger partial charge in [0, 0.05) is 26.2 Å². The molecule has 3 heterocycles. The fraction of sp³-hybridized carbons (Fsp3) is 0.737. The number of rotatable bonds is 3. The molecule has 1 N–H and O–H groups in total. The minimum atomic E-state index is -0.184. The van der Waals surface area contributed by atoms with E-state index < -0.39 is 0 Å². The second-order valence-corrected chi connectivity index (χ2v) is 8.53. The molecular formula is C19H27ClN4O2. The fourth-order valence-electron chi connectivity index (χ4n) is 4.82. The quantitative estimate of drug-likeness (QED) is 0.875. The Morgan fingerprint density at radius 1 is 1.12 bits per heavy atom. The lowest BCUT2D eigenvalue weighted by Crippen LogP contribution is -2.45. The predicted molar refractivity (Wildman–Crippen MR) is 100 cm³/mol. The molecule has 3 fully saturated rings. The molecule has 0 bridgehead atoms. The van der Waals surface area contributed by atoms with Gasteiger partial charge in [-0.05, 0) is 50.9 Å². The van der Waals surface area contributed by atoms with Crippen LogP contribution in [-0.2, 0) is 4.79 Å². The number of hydrogen-bond acceptors (Lipinski definition) is 5. The lowest BCUT2D eigenvalue weighted by Gasteiger charge is -2.38. The van der Waals surface area contributed by atoms with Crippen LogP contribution in [0.5, 0.6) is 0 Å². The Morgan fingerprint density at radius 2 is 1.81 bits per heavy atom. The molecule has 1 spiro atoms. The number of amides is 1. The molecule has 7 heteroatoms. The van der Waals surface area contributed by atoms with Crippen LogP contribution in [0.15, 0.2) is 12.4 Å². The molecule has 6 nitrogen and oxygen atoms in total. The first-order chi connectivity index (χ1) is 12.6. The molecule has 3 aliphatic rings. The van der Waals surface area contributed by atoms with Gasteiger partial charge in [-0.2, -0.15) is 0 Å². The maximum Gasteiger partial charge on any atom is 0.229 e. The number of anilines is 1. The van der Waals surface area contributed by atoms with E-state index in [1.165, 1.54) is 0 Å². The van der Waals surface area contributed by atoms with Crippen molar-refractivity contribution in [2.45, 2.75) is 51.0 Å². The molecule has 1 aromatic heterocycles. The number of carbonyl (C=O) groups is 1. The van der Waals surface area contributed by atoms with Gasteiger partial charge in [-0.1, -0.05) is 11.6 Å². The normalized spacial score (nSPS) is 28.8. The van der Waals surface area contributed by atoms with Crippen molar-refractivity contribution in [1.29, 1.82) is 0 Å². The standard InChI is InChI=1S/C19H27ClN4O2/c20-16-11-21-12-17(22-16)23-8-5-19(6-9-23)7-10-24(18(19)26)13-14-1-3-15(25)4-2-14/h11-12,14-15,25H,1-10,13H2. The van der Waals surface area contributed by atoms with Gasteiger partial charge >= 0.3 is 0 Å². The largest absolute Gasteiger partial charge is 0.393 e. The molecule has 0 radical (unpaired) electrons. The van der Waals surface area contributed by atoms with E-state index in [-0.39, 0.29) is 11.5 Å². The van der Waals surface area contributed by atoms with E-state index >= 15 is 0 Å². The lowest BCUT2D eigenvalue weighted by atomic mass is 9.77. The lowest BCUT2D eigenvalue weighted by molar-refractivity contribution is -0.137. The zero-order chi connectivity index (χ0) is 18.1. The first-order valence-corrected chi connectivity index (χ1v) is 10.1. The second kappa shape index (κ2) is 7.31. The van der Waals surface area contributed by atoms with Gasteiger partial charge in [-0.3, -0.25) is 9.78 Å². The molecule has 1 saturated carbocycles. The third-order valence-corrected chi connectivity index (χ3v) is 6.72. The topological polar surface area (TPSA) is 69.6 Å². The Morgan fingerprint density at radius 3 is 2.50 bits per heavy atom. The number of aliphatic hydroxyl groups is 1. The summed E-state index contributed by atoms with van der Waals surface area (Å²) in [5.41, 5.74) is -0.184. The van der Waals surface area contributed by atoms with Gasteiger partial charge in [0.1, 0.15) is 11.0 Å². The van der Waals surface area contributed by atoms with Crippen molar-refractivity contribution >= 4 is 23.3 Å². The molecular weight excluding hydrogens is 352 g/mol. The van der Waals surface area contributed by atoms with E-state index in [2.05, 4.69) is 19.8 Å². The average molecular weight is 379 g/mol. The molecule has 2 saturated heterocycles. The van der Waals surface area contributed by atoms with E-state index in [9.17, 15) is 9.90 Å². The van der Waals surface area contributed by atoms with E-state index in [4.69, 9.17) is 11.6 Å². The van der Waals surface area contributed by atoms with Crippen molar-refractivity contribution in [3.05, 3.63) is 17.5 Å². The van der Waals surface area contributed by atoms with Gasteiger partial charge in [0.05, 0.1) is 23.9 Å². The van der Waals surface area contributed by atoms with E-state index in [0.717, 1.165) is 76.9 Å². The van der Waals surface area contributed by atoms with Crippen LogP contribution in [0.4, 0.5) is 5.82 Å². The molecule has 2 aliphatic heterocycles. The summed E-state index contributed by atoms with van der Waals surface area (Å²) in [5.74, 6) is 1.70. The number of hydrogen-bond donors (Lipinski definition) is 1. The summed E-state index contributed by atoms with van der Waals surface area (Å²) < 4.78 is 0. The van der Waals surface area contributed by atoms with Crippen molar-refractivity contribution in [3.8, 4) is 0 Å². The number of halogens is 1. The van der Waals surface area contributed by atoms with Crippen LogP contribution in [-0.4, -0.2) is 58.2 Å². The molecule has 1 aliphatic carbocycles. The van der Waals surface area contributed by atoms with Crippen molar-refractivity contribution < 1.29 is 9.90 Å². The highest BCUT2D eigenvalue weighted by Gasteiger charge is 2.48. The van der Waals surface area contributed by atoms with Crippen molar-refractivity contribution in [2.75, 3.05) is 31.1 Å². The minimum Gasteiger partial charge on any atom is -0.393 e. The second-order valence-electron chi connectivity index (χ2n) is 8.14. The van der Waals surface area contributed by atoms with Crippen molar-refractivity contribution in [3.63, 3.8) is 0 Å². The summed E-state index contributed by atoms with van der Waals surface area (Å²) in [7, 11) is 0. The molecule has 4 rings (SSSR count). The smallest absolute Gasteiger partial charge is 0.229 e. The SMILES string of the molecule is O=C1N(CC2CCC(O)CC2)CCC12CCN(c1cncc(Cl)n1)CC2. The molecule has 1 aromatic rings. The Labute approximate surface area is 159 Å². The fourth-order valence-corrected chi connectivity index (χ4v) is 4.96. The Bertz CT molecular complexity index is 655. The monoisotopic (exact) mass is 378 g/mol. The minimum absolute atomic E-state index is 0.134. The number of nitrogens with zero attached hydrogens (tertiary/aromatic N) is 4. The summed E-state index contributed by atoms with van der Waals surface area (Å²) in [4.78, 5) is 25.9. The summed E-state index contributed by atoms with van der Waals surface area (Å²) in [6, 6.07) is 0. The van der Waals surface area contributed by atoms with Gasteiger partial charge in [-0.25, -0.2) is 4.98 Å². The van der Waals surface area contributed by atoms with Crippen molar-refractivity contribution in [1.82, 2.24) is 14.9 Å². The van der Waals surface area contributed by atoms with E-state index in [1.54, 1.807) is 12.4 Å². The average Bonchev–Trinajstić information content (AvgIpc) is 2.94. The van der Waals surface area contributed by atoms with Gasteiger partial charge < -0.3 is 14.9 Å². The van der Waals surface area contributed by atoms with Gasteiger partial charge in [0.15, 0.2) is 0 Å². The third kappa shape index (κ3) is 3.54. The van der Waals surface area contributed by atoms with Crippen LogP contribution in [0, 0.1) is 11.3 Å². The van der Waals surface area contributed by atoms with Gasteiger partial charge in [0.2, 0.25) is 5.91 Å².